The van der Waals surface area contributed by atoms with Gasteiger partial charge in [0, 0.05) is 17.5 Å². The second-order valence-electron chi connectivity index (χ2n) is 5.31. The minimum absolute atomic E-state index is 0.799. The van der Waals surface area contributed by atoms with Gasteiger partial charge in [0.2, 0.25) is 0 Å². The van der Waals surface area contributed by atoms with E-state index in [2.05, 4.69) is 37.4 Å². The summed E-state index contributed by atoms with van der Waals surface area (Å²) < 4.78 is 0. The average Bonchev–Trinajstić information content (AvgIpc) is 3.18. The van der Waals surface area contributed by atoms with Gasteiger partial charge in [0.05, 0.1) is 0 Å². The van der Waals surface area contributed by atoms with E-state index in [1.165, 1.54) is 53.9 Å². The molecule has 1 aromatic carbocycles. The third-order valence-corrected chi connectivity index (χ3v) is 4.68. The Bertz CT molecular complexity index is 371. The Kier molecular flexibility index (Phi) is 5.58. The number of nitrogens with one attached hydrogen (secondary N) is 1. The zero-order valence-corrected chi connectivity index (χ0v) is 12.5. The van der Waals surface area contributed by atoms with Gasteiger partial charge in [-0.15, -0.1) is 11.8 Å². The molecule has 1 N–H and O–H groups in total. The van der Waals surface area contributed by atoms with Gasteiger partial charge in [-0.2, -0.15) is 0 Å². The van der Waals surface area contributed by atoms with Crippen LogP contribution in [0.25, 0.3) is 0 Å². The first-order valence-electron chi connectivity index (χ1n) is 7.25. The normalized spacial score (nSPS) is 15.0. The molecule has 0 aromatic heterocycles. The van der Waals surface area contributed by atoms with Crippen LogP contribution in [0.2, 0.25) is 0 Å². The topological polar surface area (TPSA) is 12.0 Å². The van der Waals surface area contributed by atoms with Crippen LogP contribution < -0.4 is 5.32 Å². The van der Waals surface area contributed by atoms with Crippen LogP contribution in [0.4, 0.5) is 0 Å². The summed E-state index contributed by atoms with van der Waals surface area (Å²) in [6.07, 6.45) is 6.74. The van der Waals surface area contributed by atoms with Gasteiger partial charge in [-0.05, 0) is 49.1 Å². The fraction of sp³-hybridized carbons (Fsp3) is 0.625. The van der Waals surface area contributed by atoms with Crippen LogP contribution in [0, 0.1) is 6.92 Å². The van der Waals surface area contributed by atoms with Crippen LogP contribution in [0.5, 0.6) is 0 Å². The number of unbranched alkanes of at least 4 members (excludes halogenated alkanes) is 2. The number of rotatable bonds is 8. The van der Waals surface area contributed by atoms with Gasteiger partial charge in [-0.3, -0.25) is 0 Å². The third kappa shape index (κ3) is 4.66. The van der Waals surface area contributed by atoms with E-state index in [1.807, 2.05) is 11.8 Å². The van der Waals surface area contributed by atoms with E-state index in [1.54, 1.807) is 0 Å². The SMILES string of the molecule is CCCCCSc1ccc(CNC2CC2)cc1C. The fourth-order valence-corrected chi connectivity index (χ4v) is 3.09. The first-order valence-corrected chi connectivity index (χ1v) is 8.24. The van der Waals surface area contributed by atoms with Crippen molar-refractivity contribution in [3.8, 4) is 0 Å². The summed E-state index contributed by atoms with van der Waals surface area (Å²) in [6, 6.07) is 7.73. The van der Waals surface area contributed by atoms with E-state index in [0.29, 0.717) is 0 Å². The minimum atomic E-state index is 0.799. The smallest absolute Gasteiger partial charge is 0.0208 e. The van der Waals surface area contributed by atoms with Gasteiger partial charge in [-0.1, -0.05) is 31.9 Å². The maximum absolute atomic E-state index is 3.57. The fourth-order valence-electron chi connectivity index (χ4n) is 2.07. The van der Waals surface area contributed by atoms with Crippen molar-refractivity contribution in [2.24, 2.45) is 0 Å². The highest BCUT2D eigenvalue weighted by Crippen LogP contribution is 2.25. The lowest BCUT2D eigenvalue weighted by molar-refractivity contribution is 0.687. The maximum Gasteiger partial charge on any atom is 0.0208 e. The highest BCUT2D eigenvalue weighted by Gasteiger charge is 2.19. The monoisotopic (exact) mass is 263 g/mol. The predicted octanol–water partition coefficient (Wildman–Crippen LogP) is 4.53. The Labute approximate surface area is 116 Å². The zero-order chi connectivity index (χ0) is 12.8. The molecule has 1 aliphatic rings. The maximum atomic E-state index is 3.57. The van der Waals surface area contributed by atoms with E-state index in [-0.39, 0.29) is 0 Å². The highest BCUT2D eigenvalue weighted by molar-refractivity contribution is 7.99. The number of hydrogen-bond donors (Lipinski definition) is 1. The van der Waals surface area contributed by atoms with Gasteiger partial charge in [0.1, 0.15) is 0 Å². The predicted molar refractivity (Wildman–Crippen MR) is 81.3 cm³/mol. The van der Waals surface area contributed by atoms with E-state index >= 15 is 0 Å². The molecule has 0 unspecified atom stereocenters. The molecular formula is C16H25NS. The Morgan fingerprint density at radius 2 is 2.11 bits per heavy atom. The van der Waals surface area contributed by atoms with Crippen LogP contribution in [-0.2, 0) is 6.54 Å². The largest absolute Gasteiger partial charge is 0.310 e. The molecule has 0 saturated heterocycles. The minimum Gasteiger partial charge on any atom is -0.310 e. The molecule has 1 fully saturated rings. The van der Waals surface area contributed by atoms with Gasteiger partial charge in [0.15, 0.2) is 0 Å². The molecule has 0 radical (unpaired) electrons. The Balaban J connectivity index is 1.79. The van der Waals surface area contributed by atoms with Crippen LogP contribution >= 0.6 is 11.8 Å². The number of benzene rings is 1. The van der Waals surface area contributed by atoms with Gasteiger partial charge in [-0.25, -0.2) is 0 Å². The third-order valence-electron chi connectivity index (χ3n) is 3.42. The molecule has 0 amide bonds. The summed E-state index contributed by atoms with van der Waals surface area (Å²) in [5.74, 6) is 1.26. The van der Waals surface area contributed by atoms with Crippen molar-refractivity contribution >= 4 is 11.8 Å². The highest BCUT2D eigenvalue weighted by atomic mass is 32.2. The van der Waals surface area contributed by atoms with E-state index in [0.717, 1.165) is 12.6 Å². The van der Waals surface area contributed by atoms with Crippen molar-refractivity contribution in [3.05, 3.63) is 29.3 Å². The molecule has 0 atom stereocenters. The molecule has 2 heteroatoms. The summed E-state index contributed by atoms with van der Waals surface area (Å²) in [6.45, 7) is 5.53. The number of thioether (sulfide) groups is 1. The van der Waals surface area contributed by atoms with Crippen molar-refractivity contribution in [2.45, 2.75) is 63.4 Å². The molecule has 1 aliphatic carbocycles. The molecule has 1 aromatic rings. The molecule has 0 heterocycles. The first kappa shape index (κ1) is 14.0. The van der Waals surface area contributed by atoms with E-state index < -0.39 is 0 Å². The molecule has 100 valence electrons. The summed E-state index contributed by atoms with van der Waals surface area (Å²) in [7, 11) is 0. The molecule has 18 heavy (non-hydrogen) atoms. The van der Waals surface area contributed by atoms with E-state index in [9.17, 15) is 0 Å². The Morgan fingerprint density at radius 3 is 2.78 bits per heavy atom. The summed E-state index contributed by atoms with van der Waals surface area (Å²) in [5.41, 5.74) is 2.86. The lowest BCUT2D eigenvalue weighted by Crippen LogP contribution is -2.15. The molecule has 0 spiro atoms. The van der Waals surface area contributed by atoms with Crippen LogP contribution in [0.3, 0.4) is 0 Å². The second kappa shape index (κ2) is 7.20. The van der Waals surface area contributed by atoms with Crippen LogP contribution in [-0.4, -0.2) is 11.8 Å². The van der Waals surface area contributed by atoms with Gasteiger partial charge >= 0.3 is 0 Å². The molecule has 2 rings (SSSR count). The lowest BCUT2D eigenvalue weighted by atomic mass is 10.1. The lowest BCUT2D eigenvalue weighted by Gasteiger charge is -2.09. The van der Waals surface area contributed by atoms with Crippen LogP contribution in [0.15, 0.2) is 23.1 Å². The van der Waals surface area contributed by atoms with Crippen molar-refractivity contribution in [3.63, 3.8) is 0 Å². The van der Waals surface area contributed by atoms with Crippen molar-refractivity contribution in [2.75, 3.05) is 5.75 Å². The average molecular weight is 263 g/mol. The summed E-state index contributed by atoms with van der Waals surface area (Å²) in [5, 5.41) is 3.57. The number of hydrogen-bond acceptors (Lipinski definition) is 2. The summed E-state index contributed by atoms with van der Waals surface area (Å²) in [4.78, 5) is 1.46. The quantitative estimate of drug-likeness (QED) is 0.546. The molecule has 1 saturated carbocycles. The zero-order valence-electron chi connectivity index (χ0n) is 11.7. The molecular weight excluding hydrogens is 238 g/mol. The molecule has 0 aliphatic heterocycles. The van der Waals surface area contributed by atoms with Crippen molar-refractivity contribution < 1.29 is 0 Å². The van der Waals surface area contributed by atoms with Gasteiger partial charge in [0.25, 0.3) is 0 Å². The molecule has 0 bridgehead atoms. The van der Waals surface area contributed by atoms with Crippen molar-refractivity contribution in [1.82, 2.24) is 5.32 Å². The van der Waals surface area contributed by atoms with Crippen LogP contribution in [0.1, 0.15) is 50.2 Å². The van der Waals surface area contributed by atoms with Crippen molar-refractivity contribution in [1.29, 1.82) is 0 Å². The Morgan fingerprint density at radius 1 is 1.28 bits per heavy atom. The second-order valence-corrected chi connectivity index (χ2v) is 6.45. The Hall–Kier alpha value is -0.470. The van der Waals surface area contributed by atoms with E-state index in [4.69, 9.17) is 0 Å². The van der Waals surface area contributed by atoms with Gasteiger partial charge < -0.3 is 5.32 Å². The summed E-state index contributed by atoms with van der Waals surface area (Å²) >= 11 is 2.01. The standard InChI is InChI=1S/C16H25NS/c1-3-4-5-10-18-16-9-6-14(11-13(16)2)12-17-15-7-8-15/h6,9,11,15,17H,3-5,7-8,10,12H2,1-2H3. The number of aryl methyl sites for hydroxylation is 1. The first-order chi connectivity index (χ1) is 8.79. The molecule has 1 nitrogen and oxygen atoms in total.